The van der Waals surface area contributed by atoms with E-state index < -0.39 is 9.84 Å². The largest absolute Gasteiger partial charge is 0.347 e. The van der Waals surface area contributed by atoms with Gasteiger partial charge in [0, 0.05) is 24.7 Å². The van der Waals surface area contributed by atoms with E-state index in [1.165, 1.54) is 18.3 Å². The normalized spacial score (nSPS) is 14.1. The minimum Gasteiger partial charge on any atom is -0.347 e. The molecule has 2 N–H and O–H groups in total. The lowest BCUT2D eigenvalue weighted by atomic mass is 10.1. The Hall–Kier alpha value is -3.99. The predicted molar refractivity (Wildman–Crippen MR) is 129 cm³/mol. The van der Waals surface area contributed by atoms with Gasteiger partial charge in [-0.05, 0) is 43.5 Å². The molecule has 0 saturated heterocycles. The van der Waals surface area contributed by atoms with Crippen LogP contribution in [0.25, 0.3) is 21.9 Å². The van der Waals surface area contributed by atoms with Crippen molar-refractivity contribution in [1.82, 2.24) is 34.8 Å². The van der Waals surface area contributed by atoms with Gasteiger partial charge in [-0.25, -0.2) is 13.4 Å². The van der Waals surface area contributed by atoms with Gasteiger partial charge in [-0.3, -0.25) is 14.6 Å². The second-order valence-electron chi connectivity index (χ2n) is 8.85. The Morgan fingerprint density at radius 3 is 2.83 bits per heavy atom. The quantitative estimate of drug-likeness (QED) is 0.377. The van der Waals surface area contributed by atoms with E-state index in [-0.39, 0.29) is 21.5 Å². The van der Waals surface area contributed by atoms with E-state index in [4.69, 9.17) is 0 Å². The summed E-state index contributed by atoms with van der Waals surface area (Å²) in [4.78, 5) is 17.4. The molecule has 0 bridgehead atoms. The van der Waals surface area contributed by atoms with Gasteiger partial charge in [0.05, 0.1) is 34.4 Å². The highest BCUT2D eigenvalue weighted by atomic mass is 32.2. The molecule has 1 aliphatic carbocycles. The molecule has 11 heteroatoms. The third-order valence-corrected chi connectivity index (χ3v) is 8.36. The van der Waals surface area contributed by atoms with Gasteiger partial charge in [-0.1, -0.05) is 18.2 Å². The fourth-order valence-electron chi connectivity index (χ4n) is 4.42. The number of aromatic amines is 1. The number of para-hydroxylation sites is 1. The van der Waals surface area contributed by atoms with Crippen LogP contribution in [-0.4, -0.2) is 43.9 Å². The minimum absolute atomic E-state index is 0.0504. The summed E-state index contributed by atoms with van der Waals surface area (Å²) in [6, 6.07) is 10.8. The van der Waals surface area contributed by atoms with Crippen molar-refractivity contribution < 1.29 is 13.2 Å². The molecule has 1 aromatic carbocycles. The van der Waals surface area contributed by atoms with Crippen LogP contribution in [0.5, 0.6) is 0 Å². The molecule has 0 spiro atoms. The fraction of sp³-hybridized carbons (Fsp3) is 0.250. The smallest absolute Gasteiger partial charge is 0.268 e. The Morgan fingerprint density at radius 2 is 2.03 bits per heavy atom. The maximum atomic E-state index is 13.4. The standard InChI is InChI=1S/C24H23N7O3S/c1-14-21(35(33,34)22-9-8-18-19(28-22)13-26-29-18)10-20(30(14)2)24(32)25-11-15-4-3-5-16-12-27-31(23(15)16)17-6-7-17/h3-5,8-10,12-13,17H,6-7,11H2,1-2H3,(H,25,32)(H,26,29). The monoisotopic (exact) mass is 489 g/mol. The molecule has 0 aliphatic heterocycles. The van der Waals surface area contributed by atoms with Crippen LogP contribution in [0.3, 0.4) is 0 Å². The second kappa shape index (κ2) is 7.77. The lowest BCUT2D eigenvalue weighted by Gasteiger charge is -2.10. The van der Waals surface area contributed by atoms with Crippen LogP contribution < -0.4 is 5.32 Å². The molecular formula is C24H23N7O3S. The maximum Gasteiger partial charge on any atom is 0.268 e. The van der Waals surface area contributed by atoms with Gasteiger partial charge in [0.2, 0.25) is 9.84 Å². The zero-order chi connectivity index (χ0) is 24.3. The number of hydrogen-bond acceptors (Lipinski definition) is 6. The first-order chi connectivity index (χ1) is 16.8. The summed E-state index contributed by atoms with van der Waals surface area (Å²) in [7, 11) is -2.26. The summed E-state index contributed by atoms with van der Waals surface area (Å²) >= 11 is 0. The van der Waals surface area contributed by atoms with Crippen molar-refractivity contribution in [1.29, 1.82) is 0 Å². The predicted octanol–water partition coefficient (Wildman–Crippen LogP) is 3.05. The maximum absolute atomic E-state index is 13.4. The fourth-order valence-corrected chi connectivity index (χ4v) is 5.90. The summed E-state index contributed by atoms with van der Waals surface area (Å²) in [5, 5.41) is 15.1. The van der Waals surface area contributed by atoms with Crippen LogP contribution in [0, 0.1) is 6.92 Å². The molecule has 4 aromatic heterocycles. The Bertz CT molecular complexity index is 1720. The minimum atomic E-state index is -3.94. The van der Waals surface area contributed by atoms with E-state index >= 15 is 0 Å². The van der Waals surface area contributed by atoms with Crippen LogP contribution in [0.15, 0.2) is 58.7 Å². The molecule has 6 rings (SSSR count). The molecule has 0 atom stereocenters. The Labute approximate surface area is 200 Å². The average molecular weight is 490 g/mol. The van der Waals surface area contributed by atoms with Gasteiger partial charge in [-0.15, -0.1) is 0 Å². The van der Waals surface area contributed by atoms with Gasteiger partial charge in [-0.2, -0.15) is 10.2 Å². The number of nitrogens with zero attached hydrogens (tertiary/aromatic N) is 5. The van der Waals surface area contributed by atoms with Crippen LogP contribution in [0.2, 0.25) is 0 Å². The van der Waals surface area contributed by atoms with E-state index in [0.29, 0.717) is 29.3 Å². The van der Waals surface area contributed by atoms with Crippen molar-refractivity contribution in [2.75, 3.05) is 0 Å². The van der Waals surface area contributed by atoms with Crippen LogP contribution in [0.1, 0.15) is 40.6 Å². The molecule has 4 heterocycles. The molecule has 0 unspecified atom stereocenters. The van der Waals surface area contributed by atoms with Gasteiger partial charge < -0.3 is 9.88 Å². The Balaban J connectivity index is 1.29. The zero-order valence-electron chi connectivity index (χ0n) is 19.2. The first-order valence-electron chi connectivity index (χ1n) is 11.3. The van der Waals surface area contributed by atoms with Crippen molar-refractivity contribution in [2.24, 2.45) is 7.05 Å². The summed E-state index contributed by atoms with van der Waals surface area (Å²) in [5.41, 5.74) is 3.81. The summed E-state index contributed by atoms with van der Waals surface area (Å²) in [6.45, 7) is 1.98. The second-order valence-corrected chi connectivity index (χ2v) is 10.7. The van der Waals surface area contributed by atoms with Crippen molar-refractivity contribution in [3.05, 3.63) is 65.7 Å². The zero-order valence-corrected chi connectivity index (χ0v) is 20.0. The topological polar surface area (TPSA) is 128 Å². The number of carbonyl (C=O) groups is 1. The first kappa shape index (κ1) is 21.5. The van der Waals surface area contributed by atoms with Crippen LogP contribution in [0.4, 0.5) is 0 Å². The van der Waals surface area contributed by atoms with E-state index in [1.807, 2.05) is 29.1 Å². The third-order valence-electron chi connectivity index (χ3n) is 6.59. The third kappa shape index (κ3) is 3.50. The van der Waals surface area contributed by atoms with Gasteiger partial charge >= 0.3 is 0 Å². The van der Waals surface area contributed by atoms with E-state index in [1.54, 1.807) is 24.6 Å². The number of benzene rings is 1. The molecule has 1 fully saturated rings. The first-order valence-corrected chi connectivity index (χ1v) is 12.8. The Morgan fingerprint density at radius 1 is 1.20 bits per heavy atom. The number of nitrogens with one attached hydrogen (secondary N) is 2. The van der Waals surface area contributed by atoms with E-state index in [9.17, 15) is 13.2 Å². The highest BCUT2D eigenvalue weighted by molar-refractivity contribution is 7.91. The molecule has 10 nitrogen and oxygen atoms in total. The highest BCUT2D eigenvalue weighted by Gasteiger charge is 2.28. The molecule has 1 saturated carbocycles. The number of carbonyl (C=O) groups excluding carboxylic acids is 1. The number of amides is 1. The molecule has 1 amide bonds. The molecule has 0 radical (unpaired) electrons. The molecular weight excluding hydrogens is 466 g/mol. The molecule has 5 aromatic rings. The lowest BCUT2D eigenvalue weighted by molar-refractivity contribution is 0.0942. The van der Waals surface area contributed by atoms with Gasteiger partial charge in [0.1, 0.15) is 11.2 Å². The molecule has 1 aliphatic rings. The van der Waals surface area contributed by atoms with Crippen molar-refractivity contribution >= 4 is 37.7 Å². The summed E-state index contributed by atoms with van der Waals surface area (Å²) in [6.07, 6.45) is 5.55. The van der Waals surface area contributed by atoms with Gasteiger partial charge in [0.25, 0.3) is 5.91 Å². The number of hydrogen-bond donors (Lipinski definition) is 2. The number of pyridine rings is 1. The SMILES string of the molecule is Cc1c(S(=O)(=O)c2ccc3[nH]ncc3n2)cc(C(=O)NCc2cccc3cnn(C4CC4)c23)n1C. The number of H-pyrrole nitrogens is 1. The van der Waals surface area contributed by atoms with Crippen LogP contribution >= 0.6 is 0 Å². The van der Waals surface area contributed by atoms with E-state index in [2.05, 4.69) is 25.6 Å². The molecule has 178 valence electrons. The summed E-state index contributed by atoms with van der Waals surface area (Å²) in [5.74, 6) is -0.357. The highest BCUT2D eigenvalue weighted by Crippen LogP contribution is 2.37. The Kier molecular flexibility index (Phi) is 4.78. The van der Waals surface area contributed by atoms with Crippen LogP contribution in [-0.2, 0) is 23.4 Å². The van der Waals surface area contributed by atoms with Gasteiger partial charge in [0.15, 0.2) is 5.03 Å². The van der Waals surface area contributed by atoms with Crippen molar-refractivity contribution in [3.63, 3.8) is 0 Å². The van der Waals surface area contributed by atoms with Crippen molar-refractivity contribution in [3.8, 4) is 0 Å². The average Bonchev–Trinajstić information content (AvgIpc) is 3.29. The number of fused-ring (bicyclic) bond motifs is 2. The van der Waals surface area contributed by atoms with Crippen molar-refractivity contribution in [2.45, 2.75) is 42.3 Å². The van der Waals surface area contributed by atoms with E-state index in [0.717, 1.165) is 29.3 Å². The lowest BCUT2D eigenvalue weighted by Crippen LogP contribution is -2.25. The number of sulfone groups is 1. The number of aromatic nitrogens is 6. The molecule has 35 heavy (non-hydrogen) atoms. The summed E-state index contributed by atoms with van der Waals surface area (Å²) < 4.78 is 30.4. The number of rotatable bonds is 6.